The molecule has 0 saturated carbocycles. The van der Waals surface area contributed by atoms with Gasteiger partial charge >= 0.3 is 0 Å². The topological polar surface area (TPSA) is 58.7 Å². The maximum absolute atomic E-state index is 11.6. The van der Waals surface area contributed by atoms with Gasteiger partial charge in [0.05, 0.1) is 18.7 Å². The molecule has 0 aliphatic carbocycles. The van der Waals surface area contributed by atoms with Crippen LogP contribution in [0.3, 0.4) is 0 Å². The summed E-state index contributed by atoms with van der Waals surface area (Å²) in [6, 6.07) is 7.77. The van der Waals surface area contributed by atoms with Crippen LogP contribution in [0.25, 0.3) is 0 Å². The van der Waals surface area contributed by atoms with Crippen LogP contribution in [0, 0.1) is 0 Å². The summed E-state index contributed by atoms with van der Waals surface area (Å²) in [5.74, 6) is 0.0170. The van der Waals surface area contributed by atoms with Gasteiger partial charge in [-0.2, -0.15) is 5.10 Å². The molecule has 1 aliphatic heterocycles. The van der Waals surface area contributed by atoms with Crippen molar-refractivity contribution in [2.24, 2.45) is 10.8 Å². The predicted octanol–water partition coefficient (Wildman–Crippen LogP) is 1.34. The van der Waals surface area contributed by atoms with E-state index in [-0.39, 0.29) is 5.91 Å². The molecule has 0 saturated heterocycles. The molecule has 0 bridgehead atoms. The van der Waals surface area contributed by atoms with Crippen molar-refractivity contribution < 1.29 is 4.79 Å². The molecule has 1 heterocycles. The van der Waals surface area contributed by atoms with Crippen LogP contribution in [0.4, 0.5) is 0 Å². The summed E-state index contributed by atoms with van der Waals surface area (Å²) in [4.78, 5) is 11.6. The normalized spacial score (nSPS) is 15.5. The van der Waals surface area contributed by atoms with Gasteiger partial charge in [0.15, 0.2) is 0 Å². The average molecular weight is 282 g/mol. The van der Waals surface area contributed by atoms with E-state index in [2.05, 4.69) is 21.0 Å². The smallest absolute Gasteiger partial charge is 0.248 e. The maximum Gasteiger partial charge on any atom is 0.248 e. The van der Waals surface area contributed by atoms with Gasteiger partial charge in [0.2, 0.25) is 5.91 Å². The fourth-order valence-corrected chi connectivity index (χ4v) is 1.83. The van der Waals surface area contributed by atoms with E-state index in [1.807, 2.05) is 24.3 Å². The largest absolute Gasteiger partial charge is 0.329 e. The number of nitrogens with zero attached hydrogens (tertiary/aromatic N) is 2. The molecule has 0 radical (unpaired) electrons. The van der Waals surface area contributed by atoms with Gasteiger partial charge in [0.25, 0.3) is 0 Å². The number of amides is 1. The van der Waals surface area contributed by atoms with Crippen LogP contribution >= 0.6 is 15.9 Å². The molecule has 0 fully saturated rings. The van der Waals surface area contributed by atoms with Crippen LogP contribution < -0.4 is 5.73 Å². The van der Waals surface area contributed by atoms with E-state index in [4.69, 9.17) is 5.73 Å². The van der Waals surface area contributed by atoms with E-state index in [1.54, 1.807) is 0 Å². The van der Waals surface area contributed by atoms with Crippen LogP contribution in [0.1, 0.15) is 12.0 Å². The number of carbonyl (C=O) groups excluding carboxylic acids is 1. The first-order chi connectivity index (χ1) is 7.70. The number of carbonyl (C=O) groups is 1. The number of benzene rings is 1. The molecule has 0 spiro atoms. The standard InChI is InChI=1S/C11H12BrN3O/c12-9-3-1-8(2-4-9)10-7-11(16)15(14-10)6-5-13/h1-4H,5-7,13H2. The summed E-state index contributed by atoms with van der Waals surface area (Å²) in [7, 11) is 0. The molecule has 1 aromatic rings. The van der Waals surface area contributed by atoms with Gasteiger partial charge in [-0.1, -0.05) is 28.1 Å². The Balaban J connectivity index is 2.20. The Morgan fingerprint density at radius 3 is 2.69 bits per heavy atom. The van der Waals surface area contributed by atoms with Crippen molar-refractivity contribution in [3.05, 3.63) is 34.3 Å². The quantitative estimate of drug-likeness (QED) is 0.909. The third-order valence-electron chi connectivity index (χ3n) is 2.37. The van der Waals surface area contributed by atoms with Gasteiger partial charge < -0.3 is 5.73 Å². The Morgan fingerprint density at radius 2 is 2.06 bits per heavy atom. The van der Waals surface area contributed by atoms with Gasteiger partial charge in [0.1, 0.15) is 0 Å². The third kappa shape index (κ3) is 2.31. The van der Waals surface area contributed by atoms with Crippen molar-refractivity contribution in [2.45, 2.75) is 6.42 Å². The molecular formula is C11H12BrN3O. The summed E-state index contributed by atoms with van der Waals surface area (Å²) in [5.41, 5.74) is 7.20. The van der Waals surface area contributed by atoms with Crippen molar-refractivity contribution in [1.82, 2.24) is 5.01 Å². The molecule has 4 nitrogen and oxygen atoms in total. The Morgan fingerprint density at radius 1 is 1.38 bits per heavy atom. The molecule has 1 amide bonds. The van der Waals surface area contributed by atoms with Crippen LogP contribution in [0.5, 0.6) is 0 Å². The van der Waals surface area contributed by atoms with Crippen LogP contribution in [0.15, 0.2) is 33.8 Å². The number of hydrogen-bond donors (Lipinski definition) is 1. The zero-order valence-corrected chi connectivity index (χ0v) is 10.3. The number of nitrogens with two attached hydrogens (primary N) is 1. The number of halogens is 1. The molecule has 84 valence electrons. The third-order valence-corrected chi connectivity index (χ3v) is 2.89. The second kappa shape index (κ2) is 4.76. The van der Waals surface area contributed by atoms with E-state index in [0.717, 1.165) is 15.7 Å². The molecule has 0 aromatic heterocycles. The van der Waals surface area contributed by atoms with Gasteiger partial charge in [-0.3, -0.25) is 4.79 Å². The van der Waals surface area contributed by atoms with Crippen molar-refractivity contribution in [2.75, 3.05) is 13.1 Å². The predicted molar refractivity (Wildman–Crippen MR) is 66.1 cm³/mol. The van der Waals surface area contributed by atoms with Gasteiger partial charge in [-0.25, -0.2) is 5.01 Å². The Labute approximate surface area is 102 Å². The van der Waals surface area contributed by atoms with Crippen LogP contribution in [-0.4, -0.2) is 29.7 Å². The van der Waals surface area contributed by atoms with E-state index in [0.29, 0.717) is 19.5 Å². The number of rotatable bonds is 3. The molecular weight excluding hydrogens is 270 g/mol. The minimum absolute atomic E-state index is 0.0170. The summed E-state index contributed by atoms with van der Waals surface area (Å²) >= 11 is 3.37. The second-order valence-corrected chi connectivity index (χ2v) is 4.45. The van der Waals surface area contributed by atoms with Crippen molar-refractivity contribution in [3.63, 3.8) is 0 Å². The molecule has 2 rings (SSSR count). The van der Waals surface area contributed by atoms with Gasteiger partial charge in [-0.05, 0) is 17.7 Å². The first-order valence-electron chi connectivity index (χ1n) is 5.04. The zero-order chi connectivity index (χ0) is 11.5. The molecule has 1 aromatic carbocycles. The minimum Gasteiger partial charge on any atom is -0.329 e. The molecule has 5 heteroatoms. The Hall–Kier alpha value is -1.20. The lowest BCUT2D eigenvalue weighted by atomic mass is 10.1. The first kappa shape index (κ1) is 11.3. The molecule has 0 atom stereocenters. The molecule has 2 N–H and O–H groups in total. The lowest BCUT2D eigenvalue weighted by Crippen LogP contribution is -2.26. The summed E-state index contributed by atoms with van der Waals surface area (Å²) in [6.07, 6.45) is 0.363. The Bertz CT molecular complexity index is 427. The fourth-order valence-electron chi connectivity index (χ4n) is 1.57. The summed E-state index contributed by atoms with van der Waals surface area (Å²) in [5, 5.41) is 5.71. The van der Waals surface area contributed by atoms with E-state index >= 15 is 0 Å². The minimum atomic E-state index is 0.0170. The lowest BCUT2D eigenvalue weighted by molar-refractivity contribution is -0.128. The fraction of sp³-hybridized carbons (Fsp3) is 0.273. The highest BCUT2D eigenvalue weighted by atomic mass is 79.9. The Kier molecular flexibility index (Phi) is 3.36. The highest BCUT2D eigenvalue weighted by Crippen LogP contribution is 2.17. The zero-order valence-electron chi connectivity index (χ0n) is 8.69. The average Bonchev–Trinajstić information content (AvgIpc) is 2.62. The van der Waals surface area contributed by atoms with Crippen molar-refractivity contribution in [3.8, 4) is 0 Å². The molecule has 16 heavy (non-hydrogen) atoms. The first-order valence-corrected chi connectivity index (χ1v) is 5.84. The summed E-state index contributed by atoms with van der Waals surface area (Å²) < 4.78 is 1.01. The molecule has 1 aliphatic rings. The monoisotopic (exact) mass is 281 g/mol. The molecule has 0 unspecified atom stereocenters. The number of hydrazone groups is 1. The lowest BCUT2D eigenvalue weighted by Gasteiger charge is -2.08. The van der Waals surface area contributed by atoms with Crippen LogP contribution in [-0.2, 0) is 4.79 Å². The van der Waals surface area contributed by atoms with E-state index < -0.39 is 0 Å². The van der Waals surface area contributed by atoms with Crippen molar-refractivity contribution in [1.29, 1.82) is 0 Å². The van der Waals surface area contributed by atoms with E-state index in [1.165, 1.54) is 5.01 Å². The van der Waals surface area contributed by atoms with Gasteiger partial charge in [0, 0.05) is 11.0 Å². The highest BCUT2D eigenvalue weighted by molar-refractivity contribution is 9.10. The van der Waals surface area contributed by atoms with E-state index in [9.17, 15) is 4.79 Å². The summed E-state index contributed by atoms with van der Waals surface area (Å²) in [6.45, 7) is 0.918. The maximum atomic E-state index is 11.6. The van der Waals surface area contributed by atoms with Crippen LogP contribution in [0.2, 0.25) is 0 Å². The SMILES string of the molecule is NCCN1N=C(c2ccc(Br)cc2)CC1=O. The highest BCUT2D eigenvalue weighted by Gasteiger charge is 2.23. The number of hydrogen-bond acceptors (Lipinski definition) is 3. The van der Waals surface area contributed by atoms with Gasteiger partial charge in [-0.15, -0.1) is 0 Å². The second-order valence-electron chi connectivity index (χ2n) is 3.54. The van der Waals surface area contributed by atoms with Crippen molar-refractivity contribution >= 4 is 27.5 Å².